The van der Waals surface area contributed by atoms with Crippen LogP contribution in [0, 0.1) is 10.1 Å². The third-order valence-corrected chi connectivity index (χ3v) is 2.97. The second-order valence-electron chi connectivity index (χ2n) is 6.68. The maximum absolute atomic E-state index is 12.2. The predicted molar refractivity (Wildman–Crippen MR) is 94.1 cm³/mol. The zero-order valence-electron chi connectivity index (χ0n) is 15.3. The van der Waals surface area contributed by atoms with Gasteiger partial charge in [-0.1, -0.05) is 0 Å². The number of benzene rings is 1. The minimum Gasteiger partial charge on any atom is -0.452 e. The van der Waals surface area contributed by atoms with Gasteiger partial charge in [-0.2, -0.15) is 0 Å². The molecule has 0 aliphatic rings. The number of nitrogens with zero attached hydrogens (tertiary/aromatic N) is 2. The van der Waals surface area contributed by atoms with Crippen LogP contribution in [0.25, 0.3) is 0 Å². The van der Waals surface area contributed by atoms with Gasteiger partial charge in [0.2, 0.25) is 0 Å². The van der Waals surface area contributed by atoms with Gasteiger partial charge in [-0.3, -0.25) is 20.2 Å². The van der Waals surface area contributed by atoms with Gasteiger partial charge in [-0.15, -0.1) is 0 Å². The quantitative estimate of drug-likeness (QED) is 0.458. The van der Waals surface area contributed by atoms with Crippen molar-refractivity contribution in [3.63, 3.8) is 0 Å². The van der Waals surface area contributed by atoms with Crippen LogP contribution < -0.4 is 15.5 Å². The maximum atomic E-state index is 12.2. The summed E-state index contributed by atoms with van der Waals surface area (Å²) >= 11 is 0. The zero-order valence-corrected chi connectivity index (χ0v) is 15.3. The van der Waals surface area contributed by atoms with Crippen molar-refractivity contribution in [3.8, 4) is 0 Å². The average molecular weight is 366 g/mol. The highest BCUT2D eigenvalue weighted by Crippen LogP contribution is 2.24. The van der Waals surface area contributed by atoms with Crippen LogP contribution in [0.5, 0.6) is 0 Å². The molecule has 0 radical (unpaired) electrons. The Kier molecular flexibility index (Phi) is 6.64. The van der Waals surface area contributed by atoms with Gasteiger partial charge in [0.05, 0.1) is 16.2 Å². The molecule has 0 unspecified atom stereocenters. The van der Waals surface area contributed by atoms with Crippen LogP contribution in [-0.2, 0) is 9.53 Å². The van der Waals surface area contributed by atoms with Gasteiger partial charge in [-0.05, 0) is 26.8 Å². The number of nitro benzene ring substituents is 1. The normalized spacial score (nSPS) is 10.7. The van der Waals surface area contributed by atoms with E-state index >= 15 is 0 Å². The molecule has 0 aromatic heterocycles. The Labute approximate surface area is 150 Å². The van der Waals surface area contributed by atoms with E-state index in [2.05, 4.69) is 5.32 Å². The summed E-state index contributed by atoms with van der Waals surface area (Å²) in [4.78, 5) is 47.3. The number of amides is 3. The number of non-ortho nitro benzene ring substituents is 1. The Morgan fingerprint density at radius 1 is 1.23 bits per heavy atom. The molecule has 0 atom stereocenters. The van der Waals surface area contributed by atoms with E-state index in [0.717, 1.165) is 6.07 Å². The van der Waals surface area contributed by atoms with Crippen LogP contribution in [0.4, 0.5) is 16.2 Å². The third kappa shape index (κ3) is 6.38. The highest BCUT2D eigenvalue weighted by Gasteiger charge is 2.21. The predicted octanol–water partition coefficient (Wildman–Crippen LogP) is 1.44. The first-order valence-electron chi connectivity index (χ1n) is 7.65. The van der Waals surface area contributed by atoms with E-state index in [1.165, 1.54) is 12.1 Å². The van der Waals surface area contributed by atoms with Gasteiger partial charge >= 0.3 is 12.0 Å². The lowest BCUT2D eigenvalue weighted by Crippen LogP contribution is -2.49. The van der Waals surface area contributed by atoms with Crippen molar-refractivity contribution in [1.29, 1.82) is 0 Å². The largest absolute Gasteiger partial charge is 0.452 e. The molecule has 10 heteroatoms. The molecule has 3 amide bonds. The smallest absolute Gasteiger partial charge is 0.341 e. The molecule has 142 valence electrons. The molecule has 1 aromatic rings. The summed E-state index contributed by atoms with van der Waals surface area (Å²) in [6.45, 7) is 4.51. The average Bonchev–Trinajstić information content (AvgIpc) is 2.49. The second-order valence-corrected chi connectivity index (χ2v) is 6.68. The van der Waals surface area contributed by atoms with Crippen LogP contribution in [0.3, 0.4) is 0 Å². The van der Waals surface area contributed by atoms with Gasteiger partial charge in [0.15, 0.2) is 6.61 Å². The van der Waals surface area contributed by atoms with E-state index in [9.17, 15) is 24.5 Å². The topological polar surface area (TPSA) is 131 Å². The molecule has 0 saturated heterocycles. The molecule has 0 aliphatic heterocycles. The minimum absolute atomic E-state index is 0.0591. The van der Waals surface area contributed by atoms with Crippen LogP contribution in [0.2, 0.25) is 0 Å². The number of hydrogen-bond donors (Lipinski definition) is 2. The summed E-state index contributed by atoms with van der Waals surface area (Å²) < 4.78 is 4.87. The Morgan fingerprint density at radius 2 is 1.85 bits per heavy atom. The molecular formula is C16H22N4O6. The van der Waals surface area contributed by atoms with Crippen LogP contribution in [0.15, 0.2) is 18.2 Å². The molecule has 0 aliphatic carbocycles. The van der Waals surface area contributed by atoms with Gasteiger partial charge in [-0.25, -0.2) is 9.59 Å². The van der Waals surface area contributed by atoms with E-state index in [4.69, 9.17) is 4.74 Å². The summed E-state index contributed by atoms with van der Waals surface area (Å²) in [6, 6.07) is 3.02. The van der Waals surface area contributed by atoms with Gasteiger partial charge in [0.25, 0.3) is 11.6 Å². The molecule has 1 aromatic carbocycles. The summed E-state index contributed by atoms with van der Waals surface area (Å²) in [5.74, 6) is -1.74. The molecule has 0 saturated carbocycles. The fourth-order valence-corrected chi connectivity index (χ4v) is 1.93. The van der Waals surface area contributed by atoms with Gasteiger partial charge in [0, 0.05) is 31.8 Å². The van der Waals surface area contributed by atoms with Crippen molar-refractivity contribution in [2.75, 3.05) is 25.6 Å². The standard InChI is InChI=1S/C16H22N4O6/c1-16(2,3)18-15(23)17-13(21)9-26-14(22)11-8-10(20(24)25)6-7-12(11)19(4)5/h6-8H,9H2,1-5H3,(H2,17,18,21,23). The highest BCUT2D eigenvalue weighted by atomic mass is 16.6. The monoisotopic (exact) mass is 366 g/mol. The van der Waals surface area contributed by atoms with E-state index in [1.807, 2.05) is 5.32 Å². The number of rotatable bonds is 5. The Balaban J connectivity index is 2.78. The molecule has 2 N–H and O–H groups in total. The number of nitro groups is 1. The third-order valence-electron chi connectivity index (χ3n) is 2.97. The van der Waals surface area contributed by atoms with Crippen molar-refractivity contribution in [2.24, 2.45) is 0 Å². The van der Waals surface area contributed by atoms with Crippen molar-refractivity contribution >= 4 is 29.3 Å². The van der Waals surface area contributed by atoms with E-state index in [0.29, 0.717) is 5.69 Å². The maximum Gasteiger partial charge on any atom is 0.341 e. The number of ether oxygens (including phenoxy) is 1. The van der Waals surface area contributed by atoms with E-state index in [1.54, 1.807) is 39.8 Å². The first-order chi connectivity index (χ1) is 11.9. The number of imide groups is 1. The zero-order chi connectivity index (χ0) is 20.1. The van der Waals surface area contributed by atoms with Crippen molar-refractivity contribution in [2.45, 2.75) is 26.3 Å². The number of carbonyl (C=O) groups excluding carboxylic acids is 3. The second kappa shape index (κ2) is 8.28. The fraction of sp³-hybridized carbons (Fsp3) is 0.438. The Morgan fingerprint density at radius 3 is 2.35 bits per heavy atom. The SMILES string of the molecule is CN(C)c1ccc([N+](=O)[O-])cc1C(=O)OCC(=O)NC(=O)NC(C)(C)C. The van der Waals surface area contributed by atoms with Crippen LogP contribution >= 0.6 is 0 Å². The summed E-state index contributed by atoms with van der Waals surface area (Å²) in [5.41, 5.74) is -0.482. The lowest BCUT2D eigenvalue weighted by molar-refractivity contribution is -0.384. The first kappa shape index (κ1) is 20.9. The number of esters is 1. The first-order valence-corrected chi connectivity index (χ1v) is 7.65. The molecule has 0 fully saturated rings. The minimum atomic E-state index is -0.913. The molecule has 0 spiro atoms. The lowest BCUT2D eigenvalue weighted by Gasteiger charge is -2.20. The van der Waals surface area contributed by atoms with Crippen molar-refractivity contribution in [1.82, 2.24) is 10.6 Å². The summed E-state index contributed by atoms with van der Waals surface area (Å²) in [7, 11) is 3.31. The highest BCUT2D eigenvalue weighted by molar-refractivity contribution is 5.99. The molecule has 0 heterocycles. The number of anilines is 1. The number of hydrogen-bond acceptors (Lipinski definition) is 7. The number of urea groups is 1. The van der Waals surface area contributed by atoms with Crippen LogP contribution in [0.1, 0.15) is 31.1 Å². The summed E-state index contributed by atoms with van der Waals surface area (Å²) in [6.07, 6.45) is 0. The Bertz CT molecular complexity index is 724. The van der Waals surface area contributed by atoms with Gasteiger partial charge in [0.1, 0.15) is 0 Å². The van der Waals surface area contributed by atoms with Crippen molar-refractivity contribution in [3.05, 3.63) is 33.9 Å². The molecule has 1 rings (SSSR count). The fourth-order valence-electron chi connectivity index (χ4n) is 1.93. The molecule has 26 heavy (non-hydrogen) atoms. The summed E-state index contributed by atoms with van der Waals surface area (Å²) in [5, 5.41) is 15.4. The van der Waals surface area contributed by atoms with Crippen LogP contribution in [-0.4, -0.2) is 49.1 Å². The van der Waals surface area contributed by atoms with Gasteiger partial charge < -0.3 is 15.0 Å². The van der Waals surface area contributed by atoms with E-state index < -0.39 is 35.0 Å². The molecule has 10 nitrogen and oxygen atoms in total. The molecular weight excluding hydrogens is 344 g/mol. The molecule has 0 bridgehead atoms. The van der Waals surface area contributed by atoms with E-state index in [-0.39, 0.29) is 11.3 Å². The lowest BCUT2D eigenvalue weighted by atomic mass is 10.1. The number of carbonyl (C=O) groups is 3. The Hall–Kier alpha value is -3.17. The number of nitrogens with one attached hydrogen (secondary N) is 2. The van der Waals surface area contributed by atoms with Crippen molar-refractivity contribution < 1.29 is 24.0 Å².